The molecule has 5 nitrogen and oxygen atoms in total. The zero-order valence-electron chi connectivity index (χ0n) is 11.2. The molecule has 0 aliphatic heterocycles. The van der Waals surface area contributed by atoms with Crippen molar-refractivity contribution in [1.29, 1.82) is 0 Å². The second kappa shape index (κ2) is 5.00. The van der Waals surface area contributed by atoms with Gasteiger partial charge in [0.15, 0.2) is 0 Å². The summed E-state index contributed by atoms with van der Waals surface area (Å²) in [6, 6.07) is 7.79. The monoisotopic (exact) mass is 272 g/mol. The number of fused-ring (bicyclic) bond motifs is 1. The molecule has 2 N–H and O–H groups in total. The van der Waals surface area contributed by atoms with Crippen molar-refractivity contribution in [3.05, 3.63) is 47.0 Å². The van der Waals surface area contributed by atoms with Gasteiger partial charge in [-0.05, 0) is 30.5 Å². The molecule has 1 aliphatic rings. The number of carboxylic acid groups (broad SMARTS) is 1. The average molecular weight is 272 g/mol. The van der Waals surface area contributed by atoms with Crippen molar-refractivity contribution < 1.29 is 14.6 Å². The van der Waals surface area contributed by atoms with Gasteiger partial charge in [-0.2, -0.15) is 0 Å². The summed E-state index contributed by atoms with van der Waals surface area (Å²) in [6.07, 6.45) is 2.08. The van der Waals surface area contributed by atoms with Crippen LogP contribution >= 0.6 is 0 Å². The number of nitrogens with zero attached hydrogens (tertiary/aromatic N) is 1. The summed E-state index contributed by atoms with van der Waals surface area (Å²) in [5, 5.41) is 9.15. The molecule has 2 aromatic rings. The van der Waals surface area contributed by atoms with Crippen LogP contribution in [-0.2, 0) is 17.6 Å². The van der Waals surface area contributed by atoms with Crippen LogP contribution in [0.2, 0.25) is 0 Å². The van der Waals surface area contributed by atoms with Crippen LogP contribution < -0.4 is 4.74 Å². The Kier molecular flexibility index (Phi) is 3.18. The van der Waals surface area contributed by atoms with Gasteiger partial charge in [0.05, 0.1) is 12.8 Å². The summed E-state index contributed by atoms with van der Waals surface area (Å²) in [5.41, 5.74) is 2.80. The second-order valence-electron chi connectivity index (χ2n) is 5.00. The van der Waals surface area contributed by atoms with Crippen LogP contribution in [0, 0.1) is 0 Å². The number of methoxy groups -OCH3 is 1. The molecule has 0 radical (unpaired) electrons. The molecule has 0 spiro atoms. The minimum atomic E-state index is -0.786. The van der Waals surface area contributed by atoms with Gasteiger partial charge in [-0.25, -0.2) is 4.98 Å². The van der Waals surface area contributed by atoms with E-state index in [-0.39, 0.29) is 0 Å². The lowest BCUT2D eigenvalue weighted by molar-refractivity contribution is -0.138. The van der Waals surface area contributed by atoms with E-state index in [9.17, 15) is 4.79 Å². The maximum absolute atomic E-state index is 11.1. The van der Waals surface area contributed by atoms with Gasteiger partial charge in [0.25, 0.3) is 0 Å². The first kappa shape index (κ1) is 12.7. The molecule has 5 heteroatoms. The van der Waals surface area contributed by atoms with Crippen molar-refractivity contribution in [2.45, 2.75) is 25.2 Å². The van der Waals surface area contributed by atoms with Crippen LogP contribution in [0.5, 0.6) is 5.75 Å². The molecule has 1 atom stereocenters. The highest BCUT2D eigenvalue weighted by Gasteiger charge is 2.31. The Morgan fingerprint density at radius 1 is 1.45 bits per heavy atom. The number of aryl methyl sites for hydroxylation is 1. The molecule has 1 aliphatic carbocycles. The lowest BCUT2D eigenvalue weighted by atomic mass is 10.1. The normalized spacial score (nSPS) is 16.9. The summed E-state index contributed by atoms with van der Waals surface area (Å²) in [7, 11) is 1.64. The number of H-pyrrole nitrogens is 1. The van der Waals surface area contributed by atoms with E-state index in [0.717, 1.165) is 29.3 Å². The summed E-state index contributed by atoms with van der Waals surface area (Å²) < 4.78 is 5.12. The molecule has 0 bridgehead atoms. The number of aliphatic carboxylic acids is 1. The number of aromatic amines is 1. The maximum atomic E-state index is 11.1. The van der Waals surface area contributed by atoms with Crippen molar-refractivity contribution in [1.82, 2.24) is 9.97 Å². The van der Waals surface area contributed by atoms with Gasteiger partial charge in [0.1, 0.15) is 17.5 Å². The van der Waals surface area contributed by atoms with Crippen LogP contribution in [0.15, 0.2) is 24.3 Å². The molecule has 104 valence electrons. The lowest BCUT2D eigenvalue weighted by Gasteiger charge is -2.03. The van der Waals surface area contributed by atoms with E-state index in [4.69, 9.17) is 9.84 Å². The molecule has 0 amide bonds. The molecule has 1 unspecified atom stereocenters. The highest BCUT2D eigenvalue weighted by atomic mass is 16.5. The molecule has 0 saturated heterocycles. The quantitative estimate of drug-likeness (QED) is 0.894. The predicted molar refractivity (Wildman–Crippen MR) is 73.1 cm³/mol. The van der Waals surface area contributed by atoms with Crippen LogP contribution in [0.25, 0.3) is 0 Å². The fourth-order valence-electron chi connectivity index (χ4n) is 2.64. The lowest BCUT2D eigenvalue weighted by Crippen LogP contribution is -2.08. The van der Waals surface area contributed by atoms with E-state index in [1.165, 1.54) is 0 Å². The Bertz CT molecular complexity index is 631. The Morgan fingerprint density at radius 3 is 2.85 bits per heavy atom. The predicted octanol–water partition coefficient (Wildman–Crippen LogP) is 2.12. The smallest absolute Gasteiger partial charge is 0.312 e. The number of carboxylic acids is 1. The third-order valence-electron chi connectivity index (χ3n) is 3.70. The molecular formula is C15H16N2O3. The van der Waals surface area contributed by atoms with Gasteiger partial charge < -0.3 is 14.8 Å². The number of ether oxygens (including phenoxy) is 1. The number of nitrogens with one attached hydrogen (secondary N) is 1. The van der Waals surface area contributed by atoms with E-state index in [1.807, 2.05) is 24.3 Å². The van der Waals surface area contributed by atoms with Crippen LogP contribution in [0.1, 0.15) is 35.1 Å². The van der Waals surface area contributed by atoms with Crippen LogP contribution in [-0.4, -0.2) is 28.2 Å². The van der Waals surface area contributed by atoms with Gasteiger partial charge in [-0.1, -0.05) is 12.1 Å². The van der Waals surface area contributed by atoms with Gasteiger partial charge >= 0.3 is 5.97 Å². The SMILES string of the molecule is COc1ccc(Cc2nc3c([nH]2)CCC3C(=O)O)cc1. The second-order valence-corrected chi connectivity index (χ2v) is 5.00. The van der Waals surface area contributed by atoms with Crippen molar-refractivity contribution in [3.8, 4) is 5.75 Å². The molecule has 1 heterocycles. The molecule has 1 aromatic carbocycles. The Balaban J connectivity index is 1.79. The number of rotatable bonds is 4. The number of carbonyl (C=O) groups is 1. The van der Waals surface area contributed by atoms with Crippen molar-refractivity contribution in [3.63, 3.8) is 0 Å². The zero-order chi connectivity index (χ0) is 14.1. The number of aromatic nitrogens is 2. The highest BCUT2D eigenvalue weighted by molar-refractivity contribution is 5.76. The number of hydrogen-bond donors (Lipinski definition) is 2. The first-order chi connectivity index (χ1) is 9.67. The van der Waals surface area contributed by atoms with E-state index in [2.05, 4.69) is 9.97 Å². The molecule has 3 rings (SSSR count). The maximum Gasteiger partial charge on any atom is 0.312 e. The number of imidazole rings is 1. The third-order valence-corrected chi connectivity index (χ3v) is 3.70. The zero-order valence-corrected chi connectivity index (χ0v) is 11.2. The topological polar surface area (TPSA) is 75.2 Å². The Hall–Kier alpha value is -2.30. The third kappa shape index (κ3) is 2.27. The first-order valence-corrected chi connectivity index (χ1v) is 6.60. The summed E-state index contributed by atoms with van der Waals surface area (Å²) in [4.78, 5) is 18.8. The molecule has 20 heavy (non-hydrogen) atoms. The van der Waals surface area contributed by atoms with Crippen molar-refractivity contribution >= 4 is 5.97 Å². The van der Waals surface area contributed by atoms with Gasteiger partial charge in [0.2, 0.25) is 0 Å². The van der Waals surface area contributed by atoms with Gasteiger partial charge in [-0.15, -0.1) is 0 Å². The summed E-state index contributed by atoms with van der Waals surface area (Å²) in [5.74, 6) is 0.407. The van der Waals surface area contributed by atoms with Crippen molar-refractivity contribution in [2.75, 3.05) is 7.11 Å². The largest absolute Gasteiger partial charge is 0.497 e. The molecular weight excluding hydrogens is 256 g/mol. The fourth-order valence-corrected chi connectivity index (χ4v) is 2.64. The molecule has 0 saturated carbocycles. The number of hydrogen-bond acceptors (Lipinski definition) is 3. The minimum absolute atomic E-state index is 0.453. The summed E-state index contributed by atoms with van der Waals surface area (Å²) in [6.45, 7) is 0. The standard InChI is InChI=1S/C15H16N2O3/c1-20-10-4-2-9(3-5-10)8-13-16-12-7-6-11(15(18)19)14(12)17-13/h2-5,11H,6-8H2,1H3,(H,16,17)(H,18,19). The Morgan fingerprint density at radius 2 is 2.20 bits per heavy atom. The molecule has 1 aromatic heterocycles. The van der Waals surface area contributed by atoms with E-state index >= 15 is 0 Å². The average Bonchev–Trinajstić information content (AvgIpc) is 2.98. The highest BCUT2D eigenvalue weighted by Crippen LogP contribution is 2.31. The molecule has 0 fully saturated rings. The summed E-state index contributed by atoms with van der Waals surface area (Å²) >= 11 is 0. The van der Waals surface area contributed by atoms with Gasteiger partial charge in [-0.3, -0.25) is 4.79 Å². The van der Waals surface area contributed by atoms with E-state index in [0.29, 0.717) is 18.5 Å². The van der Waals surface area contributed by atoms with Crippen molar-refractivity contribution in [2.24, 2.45) is 0 Å². The number of benzene rings is 1. The van der Waals surface area contributed by atoms with E-state index in [1.54, 1.807) is 7.11 Å². The minimum Gasteiger partial charge on any atom is -0.497 e. The van der Waals surface area contributed by atoms with Gasteiger partial charge in [0, 0.05) is 12.1 Å². The fraction of sp³-hybridized carbons (Fsp3) is 0.333. The van der Waals surface area contributed by atoms with Crippen LogP contribution in [0.3, 0.4) is 0 Å². The first-order valence-electron chi connectivity index (χ1n) is 6.60. The van der Waals surface area contributed by atoms with E-state index < -0.39 is 11.9 Å². The Labute approximate surface area is 116 Å². The van der Waals surface area contributed by atoms with Crippen LogP contribution in [0.4, 0.5) is 0 Å².